The molecule has 1 aromatic rings. The van der Waals surface area contributed by atoms with Gasteiger partial charge in [0.25, 0.3) is 0 Å². The fourth-order valence-corrected chi connectivity index (χ4v) is 0.908. The van der Waals surface area contributed by atoms with Gasteiger partial charge in [-0.3, -0.25) is 0 Å². The molecular formula is C9H10ClN3. The number of hydrogen-bond acceptors (Lipinski definition) is 3. The number of rotatable bonds is 2. The molecule has 1 rings (SSSR count). The van der Waals surface area contributed by atoms with E-state index in [-0.39, 0.29) is 5.28 Å². The highest BCUT2D eigenvalue weighted by atomic mass is 35.5. The Morgan fingerprint density at radius 3 is 2.85 bits per heavy atom. The van der Waals surface area contributed by atoms with E-state index >= 15 is 0 Å². The predicted octanol–water partition coefficient (Wildman–Crippen LogP) is 1.95. The topological polar surface area (TPSA) is 37.8 Å². The molecule has 0 unspecified atom stereocenters. The first-order chi connectivity index (χ1) is 6.03. The van der Waals surface area contributed by atoms with Gasteiger partial charge in [-0.25, -0.2) is 9.97 Å². The zero-order chi connectivity index (χ0) is 9.90. The summed E-state index contributed by atoms with van der Waals surface area (Å²) < 4.78 is 0. The number of terminal acetylenes is 1. The second kappa shape index (κ2) is 3.63. The Balaban J connectivity index is 2.82. The summed E-state index contributed by atoms with van der Waals surface area (Å²) in [5.41, 5.74) is -0.433. The fraction of sp³-hybridized carbons (Fsp3) is 0.333. The van der Waals surface area contributed by atoms with Gasteiger partial charge in [-0.15, -0.1) is 6.42 Å². The molecular weight excluding hydrogens is 186 g/mol. The van der Waals surface area contributed by atoms with Crippen LogP contribution in [0.15, 0.2) is 12.3 Å². The van der Waals surface area contributed by atoms with Crippen LogP contribution >= 0.6 is 11.6 Å². The number of anilines is 1. The van der Waals surface area contributed by atoms with E-state index in [0.717, 1.165) is 0 Å². The summed E-state index contributed by atoms with van der Waals surface area (Å²) in [5.74, 6) is 3.22. The van der Waals surface area contributed by atoms with Crippen molar-refractivity contribution in [1.82, 2.24) is 9.97 Å². The van der Waals surface area contributed by atoms with Gasteiger partial charge in [0, 0.05) is 6.20 Å². The normalized spacial score (nSPS) is 10.6. The summed E-state index contributed by atoms with van der Waals surface area (Å²) in [6.07, 6.45) is 6.88. The largest absolute Gasteiger partial charge is 0.354 e. The van der Waals surface area contributed by atoms with Crippen molar-refractivity contribution in [3.63, 3.8) is 0 Å². The summed E-state index contributed by atoms with van der Waals surface area (Å²) in [6.45, 7) is 3.76. The third-order valence-electron chi connectivity index (χ3n) is 1.43. The van der Waals surface area contributed by atoms with E-state index in [1.807, 2.05) is 13.8 Å². The summed E-state index contributed by atoms with van der Waals surface area (Å²) in [7, 11) is 0. The van der Waals surface area contributed by atoms with Crippen molar-refractivity contribution in [2.45, 2.75) is 19.4 Å². The van der Waals surface area contributed by atoms with Crippen molar-refractivity contribution in [2.24, 2.45) is 0 Å². The van der Waals surface area contributed by atoms with E-state index in [0.29, 0.717) is 5.82 Å². The molecule has 1 aromatic heterocycles. The van der Waals surface area contributed by atoms with Crippen molar-refractivity contribution in [3.05, 3.63) is 17.5 Å². The predicted molar refractivity (Wildman–Crippen MR) is 53.6 cm³/mol. The number of nitrogens with zero attached hydrogens (tertiary/aromatic N) is 2. The third-order valence-corrected chi connectivity index (χ3v) is 1.61. The lowest BCUT2D eigenvalue weighted by Gasteiger charge is -2.19. The molecule has 0 bridgehead atoms. The molecule has 1 heterocycles. The van der Waals surface area contributed by atoms with Gasteiger partial charge < -0.3 is 5.32 Å². The number of hydrogen-bond donors (Lipinski definition) is 1. The highest BCUT2D eigenvalue weighted by Gasteiger charge is 2.13. The van der Waals surface area contributed by atoms with Gasteiger partial charge in [-0.05, 0) is 31.5 Å². The summed E-state index contributed by atoms with van der Waals surface area (Å²) in [6, 6.07) is 1.71. The first-order valence-corrected chi connectivity index (χ1v) is 4.16. The van der Waals surface area contributed by atoms with Gasteiger partial charge in [0.2, 0.25) is 5.28 Å². The Hall–Kier alpha value is -1.27. The molecule has 4 heteroatoms. The van der Waals surface area contributed by atoms with Crippen LogP contribution in [0.3, 0.4) is 0 Å². The van der Waals surface area contributed by atoms with E-state index in [2.05, 4.69) is 21.2 Å². The van der Waals surface area contributed by atoms with Crippen LogP contribution in [0.2, 0.25) is 5.28 Å². The van der Waals surface area contributed by atoms with E-state index < -0.39 is 5.54 Å². The van der Waals surface area contributed by atoms with Crippen LogP contribution in [0.1, 0.15) is 13.8 Å². The van der Waals surface area contributed by atoms with Gasteiger partial charge in [-0.1, -0.05) is 5.92 Å². The first kappa shape index (κ1) is 9.82. The van der Waals surface area contributed by atoms with Crippen LogP contribution in [0.4, 0.5) is 5.82 Å². The van der Waals surface area contributed by atoms with Crippen LogP contribution in [0.25, 0.3) is 0 Å². The minimum atomic E-state index is -0.433. The lowest BCUT2D eigenvalue weighted by atomic mass is 10.1. The van der Waals surface area contributed by atoms with E-state index in [1.54, 1.807) is 12.3 Å². The van der Waals surface area contributed by atoms with Gasteiger partial charge in [0.15, 0.2) is 0 Å². The zero-order valence-electron chi connectivity index (χ0n) is 7.50. The van der Waals surface area contributed by atoms with Crippen LogP contribution < -0.4 is 5.32 Å². The molecule has 0 aliphatic rings. The lowest BCUT2D eigenvalue weighted by Crippen LogP contribution is -2.28. The molecule has 0 saturated carbocycles. The zero-order valence-corrected chi connectivity index (χ0v) is 8.26. The van der Waals surface area contributed by atoms with Crippen molar-refractivity contribution in [1.29, 1.82) is 0 Å². The van der Waals surface area contributed by atoms with Crippen molar-refractivity contribution < 1.29 is 0 Å². The Kier molecular flexibility index (Phi) is 2.74. The minimum absolute atomic E-state index is 0.206. The highest BCUT2D eigenvalue weighted by Crippen LogP contribution is 2.12. The molecule has 0 atom stereocenters. The van der Waals surface area contributed by atoms with Crippen LogP contribution in [-0.4, -0.2) is 15.5 Å². The maximum absolute atomic E-state index is 5.60. The summed E-state index contributed by atoms with van der Waals surface area (Å²) in [5, 5.41) is 3.24. The smallest absolute Gasteiger partial charge is 0.224 e. The fourth-order valence-electron chi connectivity index (χ4n) is 0.761. The molecule has 68 valence electrons. The van der Waals surface area contributed by atoms with Crippen LogP contribution in [0.5, 0.6) is 0 Å². The Bertz CT molecular complexity index is 341. The number of nitrogens with one attached hydrogen (secondary N) is 1. The molecule has 0 aliphatic carbocycles. The maximum atomic E-state index is 5.60. The molecule has 3 nitrogen and oxygen atoms in total. The molecule has 0 radical (unpaired) electrons. The summed E-state index contributed by atoms with van der Waals surface area (Å²) in [4.78, 5) is 7.71. The second-order valence-corrected chi connectivity index (χ2v) is 3.44. The molecule has 0 aromatic carbocycles. The van der Waals surface area contributed by atoms with Crippen LogP contribution in [-0.2, 0) is 0 Å². The molecule has 13 heavy (non-hydrogen) atoms. The number of aromatic nitrogens is 2. The molecule has 0 amide bonds. The number of halogens is 1. The van der Waals surface area contributed by atoms with Crippen LogP contribution in [0, 0.1) is 12.3 Å². The Morgan fingerprint density at radius 1 is 1.62 bits per heavy atom. The average Bonchev–Trinajstić information content (AvgIpc) is 2.03. The molecule has 0 fully saturated rings. The third kappa shape index (κ3) is 2.92. The average molecular weight is 196 g/mol. The summed E-state index contributed by atoms with van der Waals surface area (Å²) >= 11 is 5.60. The van der Waals surface area contributed by atoms with E-state index in [4.69, 9.17) is 18.0 Å². The van der Waals surface area contributed by atoms with E-state index in [9.17, 15) is 0 Å². The SMILES string of the molecule is C#CC(C)(C)Nc1ccnc(Cl)n1. The molecule has 1 N–H and O–H groups in total. The van der Waals surface area contributed by atoms with Gasteiger partial charge in [0.1, 0.15) is 5.82 Å². The van der Waals surface area contributed by atoms with Gasteiger partial charge >= 0.3 is 0 Å². The Labute approximate surface area is 82.5 Å². The van der Waals surface area contributed by atoms with Crippen molar-refractivity contribution in [3.8, 4) is 12.3 Å². The van der Waals surface area contributed by atoms with Crippen molar-refractivity contribution in [2.75, 3.05) is 5.32 Å². The lowest BCUT2D eigenvalue weighted by molar-refractivity contribution is 0.735. The van der Waals surface area contributed by atoms with E-state index in [1.165, 1.54) is 0 Å². The van der Waals surface area contributed by atoms with Gasteiger partial charge in [-0.2, -0.15) is 0 Å². The standard InChI is InChI=1S/C9H10ClN3/c1-4-9(2,3)13-7-5-6-11-8(10)12-7/h1,5-6H,2-3H3,(H,11,12,13). The highest BCUT2D eigenvalue weighted by molar-refractivity contribution is 6.28. The monoisotopic (exact) mass is 195 g/mol. The molecule has 0 saturated heterocycles. The maximum Gasteiger partial charge on any atom is 0.224 e. The van der Waals surface area contributed by atoms with Crippen molar-refractivity contribution >= 4 is 17.4 Å². The first-order valence-electron chi connectivity index (χ1n) is 3.78. The Morgan fingerprint density at radius 2 is 2.31 bits per heavy atom. The second-order valence-electron chi connectivity index (χ2n) is 3.11. The quantitative estimate of drug-likeness (QED) is 0.579. The molecule has 0 spiro atoms. The molecule has 0 aliphatic heterocycles. The van der Waals surface area contributed by atoms with Gasteiger partial charge in [0.05, 0.1) is 5.54 Å². The minimum Gasteiger partial charge on any atom is -0.354 e.